The largest absolute Gasteiger partial charge is 0.503 e. The number of halogens is 2. The molecule has 4 amide bonds. The lowest BCUT2D eigenvalue weighted by molar-refractivity contribution is -0.319. The van der Waals surface area contributed by atoms with Gasteiger partial charge in [-0.2, -0.15) is 14.3 Å². The maximum Gasteiger partial charge on any atom is 0.503 e. The molecule has 0 spiro atoms. The van der Waals surface area contributed by atoms with Gasteiger partial charge in [-0.25, -0.2) is 18.7 Å². The molecule has 17 heteroatoms. The highest BCUT2D eigenvalue weighted by Gasteiger charge is 2.41. The second kappa shape index (κ2) is 20.8. The number of nitrogens with one attached hydrogen (secondary N) is 2. The quantitative estimate of drug-likeness (QED) is 0.0496. The SMILES string of the molecule is CNc1cc(=O)n(-c2ccnc3c2cc([C@H](C)N2CC=C(c4c(C)cc(C(=O)/C=C(\C)Cc5ccc(N6CCC(Cc7ccc8c(c7)N(C)C(=O)/[N+]8=C/C7CCC(=O)NC7=O)CC6)nc5)cc4F)CC2)n3C)cc1F. The average molecular weight is 1020 g/mol. The van der Waals surface area contributed by atoms with Crippen LogP contribution in [0.3, 0.4) is 0 Å². The number of hydrogen-bond donors (Lipinski definition) is 2. The smallest absolute Gasteiger partial charge is 0.386 e. The summed E-state index contributed by atoms with van der Waals surface area (Å²) in [6.07, 6.45) is 14.6. The number of pyridine rings is 3. The molecule has 386 valence electrons. The Hall–Kier alpha value is -7.92. The summed E-state index contributed by atoms with van der Waals surface area (Å²) in [5, 5.41) is 5.80. The summed E-state index contributed by atoms with van der Waals surface area (Å²) in [6, 6.07) is 17.9. The number of allylic oxidation sites excluding steroid dienone is 2. The van der Waals surface area contributed by atoms with Crippen molar-refractivity contribution < 1.29 is 32.5 Å². The molecule has 0 aliphatic carbocycles. The van der Waals surface area contributed by atoms with Gasteiger partial charge in [-0.1, -0.05) is 23.8 Å². The van der Waals surface area contributed by atoms with Crippen molar-refractivity contribution in [1.29, 1.82) is 0 Å². The lowest BCUT2D eigenvalue weighted by Crippen LogP contribution is -2.42. The Balaban J connectivity index is 0.725. The van der Waals surface area contributed by atoms with E-state index in [4.69, 9.17) is 4.98 Å². The Kier molecular flexibility index (Phi) is 14.0. The minimum atomic E-state index is -0.549. The molecule has 8 heterocycles. The van der Waals surface area contributed by atoms with Crippen LogP contribution in [0.2, 0.25) is 0 Å². The number of aryl methyl sites for hydroxylation is 2. The van der Waals surface area contributed by atoms with Crippen LogP contribution in [-0.4, -0.2) is 98.7 Å². The van der Waals surface area contributed by atoms with E-state index in [0.29, 0.717) is 66.3 Å². The van der Waals surface area contributed by atoms with Gasteiger partial charge in [-0.3, -0.25) is 34.0 Å². The monoisotopic (exact) mass is 1020 g/mol. The zero-order valence-electron chi connectivity index (χ0n) is 43.1. The van der Waals surface area contributed by atoms with Crippen LogP contribution in [0, 0.1) is 30.4 Å². The van der Waals surface area contributed by atoms with Gasteiger partial charge in [0.15, 0.2) is 23.0 Å². The number of urea groups is 1. The predicted molar refractivity (Wildman–Crippen MR) is 286 cm³/mol. The number of fused-ring (bicyclic) bond motifs is 2. The van der Waals surface area contributed by atoms with Crippen molar-refractivity contribution in [2.24, 2.45) is 18.9 Å². The Morgan fingerprint density at radius 3 is 2.41 bits per heavy atom. The van der Waals surface area contributed by atoms with E-state index < -0.39 is 17.6 Å². The lowest BCUT2D eigenvalue weighted by atomic mass is 9.90. The highest BCUT2D eigenvalue weighted by Crippen LogP contribution is 2.38. The molecule has 2 atom stereocenters. The maximum atomic E-state index is 16.0. The Labute approximate surface area is 433 Å². The third-order valence-electron chi connectivity index (χ3n) is 15.5. The molecule has 4 aliphatic heterocycles. The molecule has 15 nitrogen and oxygen atoms in total. The van der Waals surface area contributed by atoms with Crippen molar-refractivity contribution in [3.8, 4) is 5.69 Å². The second-order valence-electron chi connectivity index (χ2n) is 20.4. The van der Waals surface area contributed by atoms with Crippen LogP contribution >= 0.6 is 0 Å². The van der Waals surface area contributed by atoms with Crippen LogP contribution in [-0.2, 0) is 29.5 Å². The molecule has 4 aromatic heterocycles. The Morgan fingerprint density at radius 2 is 1.71 bits per heavy atom. The number of carbonyl (C=O) groups excluding carboxylic acids is 4. The van der Waals surface area contributed by atoms with E-state index in [-0.39, 0.29) is 47.3 Å². The standard InChI is InChI=1S/C58H60F2N10O5/c1-34(23-39-8-11-52(63-31-39)68-19-14-37(15-20-68)26-38-7-10-48-50(27-38)66(6)58(75)70(48)32-41-9-12-53(72)64-57(41)74)24-51(71)42-25-35(2)55(44(59)28-42)40-16-21-67(22-17-40)36(3)49-29-43-47(13-18-62-56(43)65(49)5)69-33-45(60)46(61-4)30-54(69)73/h7-8,10-11,13,16,18,24-25,27-33,36-37,41H,9,12,14-15,17,19-23,26H2,1-6H3,(H-,61,64,72,73,74)/p+1/b34-24+,70-32+/t36-,41?/m0/s1. The van der Waals surface area contributed by atoms with Crippen molar-refractivity contribution >= 4 is 69.3 Å². The second-order valence-corrected chi connectivity index (χ2v) is 20.4. The van der Waals surface area contributed by atoms with Crippen molar-refractivity contribution in [3.63, 3.8) is 0 Å². The molecule has 10 rings (SSSR count). The van der Waals surface area contributed by atoms with Crippen LogP contribution in [0.4, 0.5) is 36.5 Å². The van der Waals surface area contributed by atoms with E-state index in [2.05, 4.69) is 50.5 Å². The van der Waals surface area contributed by atoms with E-state index >= 15 is 4.39 Å². The third kappa shape index (κ3) is 10.1. The number of aromatic nitrogens is 4. The highest BCUT2D eigenvalue weighted by molar-refractivity contribution is 6.07. The molecular formula is C58H61F2N10O5+. The number of amides is 4. The minimum Gasteiger partial charge on any atom is -0.386 e. The number of ketones is 1. The van der Waals surface area contributed by atoms with E-state index in [1.54, 1.807) is 49.6 Å². The molecule has 4 aliphatic rings. The van der Waals surface area contributed by atoms with Gasteiger partial charge in [0, 0.05) is 93.4 Å². The molecule has 1 unspecified atom stereocenters. The molecule has 2 N–H and O–H groups in total. The summed E-state index contributed by atoms with van der Waals surface area (Å²) in [4.78, 5) is 79.4. The van der Waals surface area contributed by atoms with Crippen molar-refractivity contribution in [2.75, 3.05) is 55.4 Å². The Bertz CT molecular complexity index is 3440. The number of benzene rings is 2. The molecule has 2 aromatic carbocycles. The first-order valence-electron chi connectivity index (χ1n) is 25.6. The van der Waals surface area contributed by atoms with Crippen molar-refractivity contribution in [3.05, 3.63) is 152 Å². The van der Waals surface area contributed by atoms with Gasteiger partial charge in [0.25, 0.3) is 5.56 Å². The molecule has 2 fully saturated rings. The number of carbonyl (C=O) groups is 4. The fourth-order valence-electron chi connectivity index (χ4n) is 11.3. The summed E-state index contributed by atoms with van der Waals surface area (Å²) in [5.41, 5.74) is 8.85. The molecule has 0 saturated carbocycles. The van der Waals surface area contributed by atoms with Crippen LogP contribution in [0.25, 0.3) is 22.3 Å². The van der Waals surface area contributed by atoms with Crippen LogP contribution in [0.5, 0.6) is 0 Å². The zero-order valence-corrected chi connectivity index (χ0v) is 43.1. The zero-order chi connectivity index (χ0) is 52.8. The average Bonchev–Trinajstić information content (AvgIpc) is 3.86. The van der Waals surface area contributed by atoms with E-state index in [1.807, 2.05) is 55.9 Å². The van der Waals surface area contributed by atoms with E-state index in [9.17, 15) is 28.4 Å². The van der Waals surface area contributed by atoms with Gasteiger partial charge in [0.1, 0.15) is 17.3 Å². The van der Waals surface area contributed by atoms with Gasteiger partial charge >= 0.3 is 6.03 Å². The van der Waals surface area contributed by atoms with Crippen LogP contribution in [0.15, 0.2) is 102 Å². The molecule has 6 aromatic rings. The number of imide groups is 1. The first-order chi connectivity index (χ1) is 36.0. The predicted octanol–water partition coefficient (Wildman–Crippen LogP) is 8.77. The maximum absolute atomic E-state index is 16.0. The van der Waals surface area contributed by atoms with Gasteiger partial charge < -0.3 is 14.8 Å². The lowest BCUT2D eigenvalue weighted by Gasteiger charge is -2.33. The molecular weight excluding hydrogens is 955 g/mol. The summed E-state index contributed by atoms with van der Waals surface area (Å²) in [6.45, 7) is 8.82. The van der Waals surface area contributed by atoms with E-state index in [0.717, 1.165) is 82.9 Å². The number of nitrogens with zero attached hydrogens (tertiary/aromatic N) is 8. The summed E-state index contributed by atoms with van der Waals surface area (Å²) in [7, 11) is 5.23. The number of hydrogen-bond acceptors (Lipinski definition) is 10. The first-order valence-corrected chi connectivity index (χ1v) is 25.6. The van der Waals surface area contributed by atoms with Gasteiger partial charge in [0.2, 0.25) is 11.8 Å². The number of rotatable bonds is 13. The molecule has 0 radical (unpaired) electrons. The first kappa shape index (κ1) is 50.6. The van der Waals surface area contributed by atoms with Gasteiger partial charge in [-0.05, 0) is 136 Å². The summed E-state index contributed by atoms with van der Waals surface area (Å²) in [5.74, 6) is -1.07. The number of anilines is 3. The fraction of sp³-hybridized carbons (Fsp3) is 0.345. The van der Waals surface area contributed by atoms with Crippen LogP contribution < -0.4 is 26.0 Å². The molecule has 75 heavy (non-hydrogen) atoms. The third-order valence-corrected chi connectivity index (χ3v) is 15.5. The fourth-order valence-corrected chi connectivity index (χ4v) is 11.3. The van der Waals surface area contributed by atoms with Crippen molar-refractivity contribution in [1.82, 2.24) is 29.3 Å². The van der Waals surface area contributed by atoms with Crippen LogP contribution in [0.1, 0.15) is 90.3 Å². The normalized spacial score (nSPS) is 18.7. The summed E-state index contributed by atoms with van der Waals surface area (Å²) >= 11 is 0. The van der Waals surface area contributed by atoms with Crippen molar-refractivity contribution in [2.45, 2.75) is 71.8 Å². The highest BCUT2D eigenvalue weighted by atomic mass is 19.1. The van der Waals surface area contributed by atoms with E-state index in [1.165, 1.54) is 27.5 Å². The Morgan fingerprint density at radius 1 is 0.920 bits per heavy atom. The molecule has 0 bridgehead atoms. The topological polar surface area (TPSA) is 158 Å². The van der Waals surface area contributed by atoms with Gasteiger partial charge in [-0.15, -0.1) is 0 Å². The number of piperidine rings is 2. The van der Waals surface area contributed by atoms with Gasteiger partial charge in [0.05, 0.1) is 36.8 Å². The minimum absolute atomic E-state index is 0.0581. The summed E-state index contributed by atoms with van der Waals surface area (Å²) < 4.78 is 35.7. The molecule has 2 saturated heterocycles.